The lowest BCUT2D eigenvalue weighted by atomic mass is 10.1. The number of ether oxygens (including phenoxy) is 1. The maximum absolute atomic E-state index is 13.9. The van der Waals surface area contributed by atoms with Gasteiger partial charge in [-0.25, -0.2) is 14.5 Å². The molecule has 3 N–H and O–H groups in total. The van der Waals surface area contributed by atoms with E-state index in [0.717, 1.165) is 11.3 Å². The van der Waals surface area contributed by atoms with E-state index >= 15 is 0 Å². The maximum Gasteiger partial charge on any atom is 0.286 e. The van der Waals surface area contributed by atoms with E-state index in [1.165, 1.54) is 11.6 Å². The Kier molecular flexibility index (Phi) is 5.29. The fourth-order valence-corrected chi connectivity index (χ4v) is 4.33. The molecule has 0 saturated carbocycles. The fraction of sp³-hybridized carbons (Fsp3) is 0.115. The highest BCUT2D eigenvalue weighted by molar-refractivity contribution is 5.99. The van der Waals surface area contributed by atoms with E-state index in [2.05, 4.69) is 30.6 Å². The van der Waals surface area contributed by atoms with Crippen LogP contribution in [0.1, 0.15) is 21.9 Å². The van der Waals surface area contributed by atoms with Crippen LogP contribution in [0.25, 0.3) is 39.3 Å². The molecule has 1 amide bonds. The number of aromatic amines is 2. The molecule has 6 rings (SSSR count). The predicted octanol–water partition coefficient (Wildman–Crippen LogP) is 3.47. The number of aryl methyl sites for hydroxylation is 1. The topological polar surface area (TPSA) is 143 Å². The van der Waals surface area contributed by atoms with Crippen LogP contribution in [0.4, 0.5) is 0 Å². The number of H-pyrrole nitrogens is 2. The van der Waals surface area contributed by atoms with E-state index in [1.807, 2.05) is 37.3 Å². The molecule has 0 saturated heterocycles. The zero-order valence-corrected chi connectivity index (χ0v) is 19.9. The molecule has 6 aromatic rings. The van der Waals surface area contributed by atoms with Crippen molar-refractivity contribution in [1.29, 1.82) is 0 Å². The van der Waals surface area contributed by atoms with Crippen molar-refractivity contribution in [3.8, 4) is 28.3 Å². The van der Waals surface area contributed by atoms with E-state index in [0.29, 0.717) is 33.8 Å². The van der Waals surface area contributed by atoms with Gasteiger partial charge in [0.1, 0.15) is 17.0 Å². The molecule has 0 aliphatic heterocycles. The SMILES string of the molecule is COc1cccc2oc(-c3c(C(=O)NCc4ccn[nH]4)nc4c(-c5ccccc5)c(C)[nH]n4c3=O)nc12. The highest BCUT2D eigenvalue weighted by Gasteiger charge is 2.27. The van der Waals surface area contributed by atoms with Gasteiger partial charge in [0.15, 0.2) is 16.7 Å². The van der Waals surface area contributed by atoms with Crippen molar-refractivity contribution < 1.29 is 13.9 Å². The summed E-state index contributed by atoms with van der Waals surface area (Å²) in [4.78, 5) is 36.5. The van der Waals surface area contributed by atoms with Crippen molar-refractivity contribution in [3.63, 3.8) is 0 Å². The Morgan fingerprint density at radius 2 is 1.92 bits per heavy atom. The van der Waals surface area contributed by atoms with Crippen LogP contribution in [0, 0.1) is 6.92 Å². The van der Waals surface area contributed by atoms with E-state index in [4.69, 9.17) is 9.15 Å². The molecule has 0 unspecified atom stereocenters. The Labute approximate surface area is 209 Å². The summed E-state index contributed by atoms with van der Waals surface area (Å²) >= 11 is 0. The Morgan fingerprint density at radius 1 is 1.08 bits per heavy atom. The second-order valence-corrected chi connectivity index (χ2v) is 8.37. The third kappa shape index (κ3) is 3.73. The minimum Gasteiger partial charge on any atom is -0.494 e. The molecule has 37 heavy (non-hydrogen) atoms. The van der Waals surface area contributed by atoms with Gasteiger partial charge >= 0.3 is 0 Å². The molecule has 11 heteroatoms. The molecule has 0 fully saturated rings. The molecule has 0 atom stereocenters. The number of oxazole rings is 1. The molecule has 4 aromatic heterocycles. The number of rotatable bonds is 6. The van der Waals surface area contributed by atoms with Gasteiger partial charge in [0.2, 0.25) is 5.89 Å². The van der Waals surface area contributed by atoms with Gasteiger partial charge < -0.3 is 14.5 Å². The molecule has 0 spiro atoms. The first-order valence-electron chi connectivity index (χ1n) is 11.5. The van der Waals surface area contributed by atoms with Crippen LogP contribution in [0.2, 0.25) is 0 Å². The normalized spacial score (nSPS) is 11.3. The summed E-state index contributed by atoms with van der Waals surface area (Å²) in [6.45, 7) is 2.01. The predicted molar refractivity (Wildman–Crippen MR) is 135 cm³/mol. The Hall–Kier alpha value is -5.19. The Bertz CT molecular complexity index is 1820. The van der Waals surface area contributed by atoms with Crippen molar-refractivity contribution in [2.75, 3.05) is 7.11 Å². The van der Waals surface area contributed by atoms with Gasteiger partial charge in [-0.3, -0.25) is 19.8 Å². The summed E-state index contributed by atoms with van der Waals surface area (Å²) in [5.41, 5.74) is 3.45. The number of carbonyl (C=O) groups excluding carboxylic acids is 1. The van der Waals surface area contributed by atoms with Crippen LogP contribution in [0.3, 0.4) is 0 Å². The molecule has 4 heterocycles. The van der Waals surface area contributed by atoms with Crippen LogP contribution in [-0.2, 0) is 6.54 Å². The molecule has 11 nitrogen and oxygen atoms in total. The molecular formula is C26H21N7O4. The number of fused-ring (bicyclic) bond motifs is 2. The van der Waals surface area contributed by atoms with Gasteiger partial charge in [-0.15, -0.1) is 0 Å². The van der Waals surface area contributed by atoms with Gasteiger partial charge in [0.05, 0.1) is 19.3 Å². The number of nitrogens with zero attached hydrogens (tertiary/aromatic N) is 4. The average Bonchev–Trinajstić information content (AvgIpc) is 3.66. The average molecular weight is 495 g/mol. The van der Waals surface area contributed by atoms with Crippen molar-refractivity contribution >= 4 is 22.7 Å². The van der Waals surface area contributed by atoms with Crippen LogP contribution in [-0.4, -0.2) is 42.8 Å². The second kappa shape index (κ2) is 8.79. The second-order valence-electron chi connectivity index (χ2n) is 8.37. The van der Waals surface area contributed by atoms with Crippen molar-refractivity contribution in [1.82, 2.24) is 35.1 Å². The first kappa shape index (κ1) is 22.3. The van der Waals surface area contributed by atoms with E-state index in [-0.39, 0.29) is 23.7 Å². The molecular weight excluding hydrogens is 474 g/mol. The van der Waals surface area contributed by atoms with Crippen LogP contribution >= 0.6 is 0 Å². The smallest absolute Gasteiger partial charge is 0.286 e. The molecule has 0 aliphatic carbocycles. The van der Waals surface area contributed by atoms with Crippen LogP contribution in [0.15, 0.2) is 70.0 Å². The monoisotopic (exact) mass is 495 g/mol. The van der Waals surface area contributed by atoms with Gasteiger partial charge in [0.25, 0.3) is 11.5 Å². The van der Waals surface area contributed by atoms with Gasteiger partial charge in [-0.1, -0.05) is 36.4 Å². The molecule has 2 aromatic carbocycles. The number of hydrogen-bond donors (Lipinski definition) is 3. The number of hydrogen-bond acceptors (Lipinski definition) is 7. The summed E-state index contributed by atoms with van der Waals surface area (Å²) in [6.07, 6.45) is 1.59. The highest BCUT2D eigenvalue weighted by atomic mass is 16.5. The zero-order valence-electron chi connectivity index (χ0n) is 19.9. The van der Waals surface area contributed by atoms with E-state index in [1.54, 1.807) is 30.5 Å². The van der Waals surface area contributed by atoms with E-state index in [9.17, 15) is 9.59 Å². The highest BCUT2D eigenvalue weighted by Crippen LogP contribution is 2.32. The standard InChI is InChI=1S/C26H21N7O4/c1-14-19(15-7-4-3-5-8-15)23-29-22(24(34)27-13-16-11-12-28-31-16)20(26(35)33(23)32-14)25-30-21-17(36-2)9-6-10-18(21)37-25/h3-12,32H,13H2,1-2H3,(H,27,34)(H,28,31). The van der Waals surface area contributed by atoms with Crippen molar-refractivity contribution in [3.05, 3.63) is 88.2 Å². The van der Waals surface area contributed by atoms with Gasteiger partial charge in [0, 0.05) is 17.5 Å². The quantitative estimate of drug-likeness (QED) is 0.321. The van der Waals surface area contributed by atoms with E-state index < -0.39 is 11.5 Å². The Morgan fingerprint density at radius 3 is 2.68 bits per heavy atom. The number of para-hydroxylation sites is 1. The lowest BCUT2D eigenvalue weighted by Gasteiger charge is -2.08. The maximum atomic E-state index is 13.9. The zero-order chi connectivity index (χ0) is 25.5. The lowest BCUT2D eigenvalue weighted by Crippen LogP contribution is -2.29. The van der Waals surface area contributed by atoms with Gasteiger partial charge in [-0.05, 0) is 30.7 Å². The summed E-state index contributed by atoms with van der Waals surface area (Å²) in [5.74, 6) is -0.114. The largest absolute Gasteiger partial charge is 0.494 e. The first-order chi connectivity index (χ1) is 18.0. The summed E-state index contributed by atoms with van der Waals surface area (Å²) in [5, 5.41) is 12.6. The third-order valence-electron chi connectivity index (χ3n) is 6.05. The molecule has 0 bridgehead atoms. The minimum atomic E-state index is -0.559. The summed E-state index contributed by atoms with van der Waals surface area (Å²) in [6, 6.07) is 16.5. The molecule has 184 valence electrons. The first-order valence-corrected chi connectivity index (χ1v) is 11.5. The van der Waals surface area contributed by atoms with Crippen LogP contribution in [0.5, 0.6) is 5.75 Å². The number of carbonyl (C=O) groups is 1. The van der Waals surface area contributed by atoms with Gasteiger partial charge in [-0.2, -0.15) is 5.10 Å². The number of nitrogens with one attached hydrogen (secondary N) is 3. The molecule has 0 aliphatic rings. The lowest BCUT2D eigenvalue weighted by molar-refractivity contribution is 0.0946. The summed E-state index contributed by atoms with van der Waals surface area (Å²) in [7, 11) is 1.52. The number of amides is 1. The third-order valence-corrected chi connectivity index (χ3v) is 6.05. The minimum absolute atomic E-state index is 0.0356. The fourth-order valence-electron chi connectivity index (χ4n) is 4.33. The number of benzene rings is 2. The number of methoxy groups -OCH3 is 1. The van der Waals surface area contributed by atoms with Crippen LogP contribution < -0.4 is 15.6 Å². The van der Waals surface area contributed by atoms with Crippen molar-refractivity contribution in [2.45, 2.75) is 13.5 Å². The Balaban J connectivity index is 1.59. The number of aromatic nitrogens is 6. The summed E-state index contributed by atoms with van der Waals surface area (Å²) < 4.78 is 12.6. The molecule has 0 radical (unpaired) electrons. The van der Waals surface area contributed by atoms with Crippen molar-refractivity contribution in [2.24, 2.45) is 0 Å².